The van der Waals surface area contributed by atoms with Crippen LogP contribution in [0, 0.1) is 0 Å². The van der Waals surface area contributed by atoms with Crippen LogP contribution >= 0.6 is 11.6 Å². The van der Waals surface area contributed by atoms with Gasteiger partial charge in [0.25, 0.3) is 0 Å². The quantitative estimate of drug-likeness (QED) is 0.457. The van der Waals surface area contributed by atoms with E-state index in [1.165, 1.54) is 13.2 Å². The van der Waals surface area contributed by atoms with Crippen LogP contribution in [0.25, 0.3) is 0 Å². The molecule has 0 saturated carbocycles. The Morgan fingerprint density at radius 2 is 1.72 bits per heavy atom. The fraction of sp³-hybridized carbons (Fsp3) is 0.435. The van der Waals surface area contributed by atoms with Crippen molar-refractivity contribution in [2.45, 2.75) is 36.9 Å². The minimum absolute atomic E-state index is 0.240. The fourth-order valence-corrected chi connectivity index (χ4v) is 3.99. The molecule has 174 valence electrons. The van der Waals surface area contributed by atoms with E-state index < -0.39 is 42.6 Å². The second-order valence-electron chi connectivity index (χ2n) is 7.62. The molecule has 0 unspecified atom stereocenters. The lowest BCUT2D eigenvalue weighted by Crippen LogP contribution is -2.69. The number of methoxy groups -OCH3 is 1. The van der Waals surface area contributed by atoms with Crippen molar-refractivity contribution in [1.82, 2.24) is 0 Å². The number of carbonyl (C=O) groups excluding carboxylic acids is 1. The van der Waals surface area contributed by atoms with E-state index in [2.05, 4.69) is 0 Å². The van der Waals surface area contributed by atoms with Crippen molar-refractivity contribution in [3.8, 4) is 5.75 Å². The highest BCUT2D eigenvalue weighted by molar-refractivity contribution is 6.31. The van der Waals surface area contributed by atoms with E-state index in [9.17, 15) is 25.2 Å². The molecule has 1 heterocycles. The van der Waals surface area contributed by atoms with Crippen molar-refractivity contribution < 1.29 is 39.4 Å². The van der Waals surface area contributed by atoms with E-state index in [0.717, 1.165) is 11.3 Å². The second-order valence-corrected chi connectivity index (χ2v) is 8.03. The van der Waals surface area contributed by atoms with E-state index in [1.54, 1.807) is 12.1 Å². The number of hydrogen-bond donors (Lipinski definition) is 4. The van der Waals surface area contributed by atoms with Crippen LogP contribution in [0.3, 0.4) is 0 Å². The summed E-state index contributed by atoms with van der Waals surface area (Å²) in [6, 6.07) is 12.2. The molecule has 0 radical (unpaired) electrons. The lowest BCUT2D eigenvalue weighted by atomic mass is 9.82. The highest BCUT2D eigenvalue weighted by Crippen LogP contribution is 2.42. The van der Waals surface area contributed by atoms with E-state index >= 15 is 0 Å². The normalized spacial score (nSPS) is 25.0. The Kier molecular flexibility index (Phi) is 7.57. The van der Waals surface area contributed by atoms with Gasteiger partial charge < -0.3 is 34.6 Å². The van der Waals surface area contributed by atoms with Gasteiger partial charge in [-0.1, -0.05) is 29.8 Å². The van der Waals surface area contributed by atoms with Crippen LogP contribution in [-0.4, -0.2) is 70.9 Å². The molecular weight excluding hydrogens is 440 g/mol. The maximum Gasteiger partial charge on any atom is 0.229 e. The molecule has 0 bridgehead atoms. The summed E-state index contributed by atoms with van der Waals surface area (Å²) in [6.07, 6.45) is -3.42. The molecule has 8 nitrogen and oxygen atoms in total. The van der Waals surface area contributed by atoms with Crippen molar-refractivity contribution >= 4 is 17.4 Å². The van der Waals surface area contributed by atoms with E-state index in [-0.39, 0.29) is 5.56 Å². The van der Waals surface area contributed by atoms with Crippen LogP contribution in [0.15, 0.2) is 42.5 Å². The number of rotatable bonds is 8. The van der Waals surface area contributed by atoms with Gasteiger partial charge >= 0.3 is 0 Å². The smallest absolute Gasteiger partial charge is 0.229 e. The summed E-state index contributed by atoms with van der Waals surface area (Å²) in [5, 5.41) is 40.9. The van der Waals surface area contributed by atoms with E-state index in [1.807, 2.05) is 31.2 Å². The Morgan fingerprint density at radius 3 is 2.28 bits per heavy atom. The van der Waals surface area contributed by atoms with Crippen molar-refractivity contribution in [1.29, 1.82) is 0 Å². The molecule has 9 heteroatoms. The van der Waals surface area contributed by atoms with Crippen LogP contribution in [0.1, 0.15) is 23.6 Å². The third-order valence-electron chi connectivity index (χ3n) is 5.67. The Balaban J connectivity index is 2.01. The first-order chi connectivity index (χ1) is 15.3. The predicted octanol–water partition coefficient (Wildman–Crippen LogP) is 1.17. The number of benzene rings is 2. The third kappa shape index (κ3) is 4.27. The second kappa shape index (κ2) is 9.84. The zero-order valence-electron chi connectivity index (χ0n) is 17.8. The molecule has 1 saturated heterocycles. The van der Waals surface area contributed by atoms with Gasteiger partial charge in [0, 0.05) is 17.7 Å². The Hall–Kier alpha value is -2.04. The van der Waals surface area contributed by atoms with Crippen LogP contribution in [-0.2, 0) is 26.5 Å². The van der Waals surface area contributed by atoms with Crippen molar-refractivity contribution in [2.24, 2.45) is 0 Å². The Labute approximate surface area is 190 Å². The first-order valence-electron chi connectivity index (χ1n) is 10.1. The summed E-state index contributed by atoms with van der Waals surface area (Å²) in [7, 11) is 1.22. The van der Waals surface area contributed by atoms with E-state index in [4.69, 9.17) is 25.8 Å². The molecule has 4 N–H and O–H groups in total. The van der Waals surface area contributed by atoms with Crippen LogP contribution < -0.4 is 4.74 Å². The van der Waals surface area contributed by atoms with Crippen molar-refractivity contribution in [2.75, 3.05) is 26.9 Å². The minimum atomic E-state index is -2.07. The van der Waals surface area contributed by atoms with Gasteiger partial charge in [0.1, 0.15) is 11.9 Å². The summed E-state index contributed by atoms with van der Waals surface area (Å²) < 4.78 is 16.7. The van der Waals surface area contributed by atoms with Gasteiger partial charge in [0.15, 0.2) is 17.5 Å². The third-order valence-corrected chi connectivity index (χ3v) is 6.04. The summed E-state index contributed by atoms with van der Waals surface area (Å²) in [6.45, 7) is 0.714. The van der Waals surface area contributed by atoms with Gasteiger partial charge in [-0.3, -0.25) is 4.79 Å². The molecule has 0 spiro atoms. The minimum Gasteiger partial charge on any atom is -0.494 e. The zero-order valence-corrected chi connectivity index (χ0v) is 18.6. The molecule has 1 fully saturated rings. The zero-order chi connectivity index (χ0) is 23.5. The first kappa shape index (κ1) is 24.6. The molecule has 3 rings (SSSR count). The number of aliphatic hydroxyl groups excluding tert-OH is 4. The van der Waals surface area contributed by atoms with Crippen LogP contribution in [0.4, 0.5) is 0 Å². The fourth-order valence-electron chi connectivity index (χ4n) is 3.80. The van der Waals surface area contributed by atoms with Crippen LogP contribution in [0.5, 0.6) is 5.75 Å². The molecular formula is C23H27ClO8. The van der Waals surface area contributed by atoms with E-state index in [0.29, 0.717) is 23.6 Å². The molecule has 0 aromatic heterocycles. The first-order valence-corrected chi connectivity index (χ1v) is 10.5. The number of ether oxygens (including phenoxy) is 3. The lowest BCUT2D eigenvalue weighted by molar-refractivity contribution is -0.360. The molecule has 0 amide bonds. The Morgan fingerprint density at radius 1 is 1.06 bits per heavy atom. The summed E-state index contributed by atoms with van der Waals surface area (Å²) in [5.74, 6) is -2.36. The van der Waals surface area contributed by atoms with Crippen LogP contribution in [0.2, 0.25) is 5.02 Å². The van der Waals surface area contributed by atoms with Gasteiger partial charge in [-0.25, -0.2) is 0 Å². The molecule has 2 aromatic rings. The number of hydrogen-bond acceptors (Lipinski definition) is 8. The topological polar surface area (TPSA) is 126 Å². The highest BCUT2D eigenvalue weighted by Gasteiger charge is 2.61. The van der Waals surface area contributed by atoms with Gasteiger partial charge in [-0.05, 0) is 48.7 Å². The molecule has 32 heavy (non-hydrogen) atoms. The van der Waals surface area contributed by atoms with Gasteiger partial charge in [-0.15, -0.1) is 0 Å². The molecule has 0 aliphatic carbocycles. The predicted molar refractivity (Wildman–Crippen MR) is 116 cm³/mol. The molecule has 3 atom stereocenters. The van der Waals surface area contributed by atoms with Crippen molar-refractivity contribution in [3.05, 3.63) is 64.2 Å². The molecule has 1 aliphatic heterocycles. The molecule has 1 aliphatic rings. The number of halogens is 1. The van der Waals surface area contributed by atoms with Gasteiger partial charge in [0.2, 0.25) is 5.79 Å². The lowest BCUT2D eigenvalue weighted by Gasteiger charge is -2.49. The summed E-state index contributed by atoms with van der Waals surface area (Å²) in [4.78, 5) is 12.6. The summed E-state index contributed by atoms with van der Waals surface area (Å²) >= 11 is 6.40. The number of Topliss-reactive ketones (excluding diaryl/α,β-unsaturated/α-hetero) is 1. The number of ketones is 1. The average Bonchev–Trinajstić information content (AvgIpc) is 2.81. The average molecular weight is 467 g/mol. The maximum atomic E-state index is 12.6. The standard InChI is InChI=1S/C23H27ClO8/c1-3-31-17-7-4-14(5-8-17)10-15-11-16(6-9-18(15)24)23(30-2)21(29)19(27)20(28)22(12-25,13-26)32-23/h4-9,11,20-21,25-26,28-29H,3,10,12-13H2,1-2H3/t20-,21+,23-/m0/s1. The maximum absolute atomic E-state index is 12.6. The SMILES string of the molecule is CCOc1ccc(Cc2cc([C@]3(OC)OC(CO)(CO)[C@@H](O)C(=O)[C@H]3O)ccc2Cl)cc1. The van der Waals surface area contributed by atoms with Crippen molar-refractivity contribution in [3.63, 3.8) is 0 Å². The highest BCUT2D eigenvalue weighted by atomic mass is 35.5. The summed E-state index contributed by atoms with van der Waals surface area (Å²) in [5.41, 5.74) is -0.209. The monoisotopic (exact) mass is 466 g/mol. The molecule has 2 aromatic carbocycles. The number of carbonyl (C=O) groups is 1. The largest absolute Gasteiger partial charge is 0.494 e. The van der Waals surface area contributed by atoms with Gasteiger partial charge in [-0.2, -0.15) is 0 Å². The number of aliphatic hydroxyl groups is 4. The van der Waals surface area contributed by atoms with Gasteiger partial charge in [0.05, 0.1) is 19.8 Å². The Bertz CT molecular complexity index is 944.